The van der Waals surface area contributed by atoms with Gasteiger partial charge in [-0.1, -0.05) is 19.9 Å². The fourth-order valence-corrected chi connectivity index (χ4v) is 1.98. The van der Waals surface area contributed by atoms with Crippen LogP contribution in [0.3, 0.4) is 0 Å². The molecule has 1 atom stereocenters. The minimum atomic E-state index is 0.175. The number of hydrogen-bond donors (Lipinski definition) is 1. The second-order valence-electron chi connectivity index (χ2n) is 5.09. The summed E-state index contributed by atoms with van der Waals surface area (Å²) in [6, 6.07) is 5.75. The van der Waals surface area contributed by atoms with Crippen molar-refractivity contribution in [2.75, 3.05) is 12.3 Å². The minimum absolute atomic E-state index is 0.175. The molecule has 0 saturated carbocycles. The number of ether oxygens (including phenoxy) is 1. The highest BCUT2D eigenvalue weighted by molar-refractivity contribution is 5.77. The van der Waals surface area contributed by atoms with Gasteiger partial charge in [-0.3, -0.25) is 0 Å². The van der Waals surface area contributed by atoms with Gasteiger partial charge >= 0.3 is 0 Å². The van der Waals surface area contributed by atoms with Crippen molar-refractivity contribution in [3.8, 4) is 17.1 Å². The fraction of sp³-hybridized carbons (Fsp3) is 0.500. The number of nitrogens with two attached hydrogens (primary N) is 1. The van der Waals surface area contributed by atoms with Gasteiger partial charge in [0.05, 0.1) is 18.2 Å². The summed E-state index contributed by atoms with van der Waals surface area (Å²) in [4.78, 5) is 0. The molecule has 1 heterocycles. The largest absolute Gasteiger partial charge is 0.493 e. The molecular weight excluding hydrogens is 254 g/mol. The van der Waals surface area contributed by atoms with Crippen LogP contribution in [0.5, 0.6) is 5.75 Å². The lowest BCUT2D eigenvalue weighted by atomic mass is 10.1. The van der Waals surface area contributed by atoms with Crippen molar-refractivity contribution in [2.24, 2.45) is 5.92 Å². The van der Waals surface area contributed by atoms with E-state index in [0.29, 0.717) is 29.8 Å². The van der Waals surface area contributed by atoms with E-state index in [1.165, 1.54) is 0 Å². The third-order valence-corrected chi connectivity index (χ3v) is 3.43. The molecule has 0 saturated heterocycles. The molecular formula is C14H21N5O. The first-order valence-electron chi connectivity index (χ1n) is 6.85. The van der Waals surface area contributed by atoms with Gasteiger partial charge in [0.15, 0.2) is 5.82 Å². The molecule has 6 heteroatoms. The van der Waals surface area contributed by atoms with Crippen LogP contribution in [0.4, 0.5) is 5.69 Å². The first-order chi connectivity index (χ1) is 9.56. The Balaban J connectivity index is 2.55. The van der Waals surface area contributed by atoms with Gasteiger partial charge in [-0.05, 0) is 42.3 Å². The van der Waals surface area contributed by atoms with Crippen LogP contribution in [0.25, 0.3) is 11.4 Å². The lowest BCUT2D eigenvalue weighted by molar-refractivity contribution is 0.340. The molecule has 0 aliphatic rings. The maximum atomic E-state index is 6.10. The molecule has 2 rings (SSSR count). The van der Waals surface area contributed by atoms with Crippen molar-refractivity contribution < 1.29 is 4.74 Å². The summed E-state index contributed by atoms with van der Waals surface area (Å²) in [6.45, 7) is 8.86. The third kappa shape index (κ3) is 2.59. The number of aromatic nitrogens is 4. The molecule has 6 nitrogen and oxygen atoms in total. The standard InChI is InChI=1S/C14H21N5O/c1-5-20-12-8-6-7-11(15)13(12)14-16-17-18-19(14)10(4)9(2)3/h6-10H,5,15H2,1-4H3. The van der Waals surface area contributed by atoms with Crippen molar-refractivity contribution >= 4 is 5.69 Å². The van der Waals surface area contributed by atoms with Gasteiger partial charge in [0.25, 0.3) is 0 Å². The Morgan fingerprint density at radius 3 is 2.70 bits per heavy atom. The van der Waals surface area contributed by atoms with Crippen molar-refractivity contribution in [3.63, 3.8) is 0 Å². The zero-order valence-corrected chi connectivity index (χ0v) is 12.4. The number of tetrazole rings is 1. The molecule has 0 aliphatic carbocycles. The van der Waals surface area contributed by atoms with Crippen LogP contribution >= 0.6 is 0 Å². The molecule has 0 spiro atoms. The summed E-state index contributed by atoms with van der Waals surface area (Å²) in [5.74, 6) is 1.77. The summed E-state index contributed by atoms with van der Waals surface area (Å²) >= 11 is 0. The predicted molar refractivity (Wildman–Crippen MR) is 78.4 cm³/mol. The molecule has 0 amide bonds. The first kappa shape index (κ1) is 14.3. The topological polar surface area (TPSA) is 78.8 Å². The van der Waals surface area contributed by atoms with Gasteiger partial charge in [-0.25, -0.2) is 4.68 Å². The van der Waals surface area contributed by atoms with Crippen molar-refractivity contribution in [1.82, 2.24) is 20.2 Å². The van der Waals surface area contributed by atoms with Crippen LogP contribution in [-0.4, -0.2) is 26.8 Å². The lowest BCUT2D eigenvalue weighted by Gasteiger charge is -2.18. The van der Waals surface area contributed by atoms with Crippen LogP contribution in [-0.2, 0) is 0 Å². The molecule has 108 valence electrons. The second kappa shape index (κ2) is 5.90. The smallest absolute Gasteiger partial charge is 0.188 e. The zero-order valence-electron chi connectivity index (χ0n) is 12.4. The van der Waals surface area contributed by atoms with Gasteiger partial charge < -0.3 is 10.5 Å². The zero-order chi connectivity index (χ0) is 14.7. The average molecular weight is 275 g/mol. The van der Waals surface area contributed by atoms with Crippen LogP contribution in [0.15, 0.2) is 18.2 Å². The molecule has 0 fully saturated rings. The number of anilines is 1. The van der Waals surface area contributed by atoms with Crippen LogP contribution < -0.4 is 10.5 Å². The summed E-state index contributed by atoms with van der Waals surface area (Å²) in [6.07, 6.45) is 0. The minimum Gasteiger partial charge on any atom is -0.493 e. The summed E-state index contributed by atoms with van der Waals surface area (Å²) in [5.41, 5.74) is 7.47. The quantitative estimate of drug-likeness (QED) is 0.848. The Hall–Kier alpha value is -2.11. The van der Waals surface area contributed by atoms with Gasteiger partial charge in [-0.2, -0.15) is 0 Å². The lowest BCUT2D eigenvalue weighted by Crippen LogP contribution is -2.15. The third-order valence-electron chi connectivity index (χ3n) is 3.43. The maximum absolute atomic E-state index is 6.10. The molecule has 0 radical (unpaired) electrons. The molecule has 20 heavy (non-hydrogen) atoms. The Morgan fingerprint density at radius 2 is 2.05 bits per heavy atom. The van der Waals surface area contributed by atoms with E-state index in [4.69, 9.17) is 10.5 Å². The first-order valence-corrected chi connectivity index (χ1v) is 6.85. The maximum Gasteiger partial charge on any atom is 0.188 e. The molecule has 1 aromatic carbocycles. The molecule has 1 unspecified atom stereocenters. The Kier molecular flexibility index (Phi) is 4.22. The van der Waals surface area contributed by atoms with Crippen LogP contribution in [0.2, 0.25) is 0 Å². The second-order valence-corrected chi connectivity index (χ2v) is 5.09. The summed E-state index contributed by atoms with van der Waals surface area (Å²) in [5, 5.41) is 12.0. The molecule has 1 aromatic heterocycles. The van der Waals surface area contributed by atoms with Gasteiger partial charge in [0.2, 0.25) is 0 Å². The van der Waals surface area contributed by atoms with E-state index >= 15 is 0 Å². The van der Waals surface area contributed by atoms with Crippen LogP contribution in [0.1, 0.15) is 33.7 Å². The monoisotopic (exact) mass is 275 g/mol. The molecule has 2 aromatic rings. The van der Waals surface area contributed by atoms with Crippen molar-refractivity contribution in [2.45, 2.75) is 33.7 Å². The highest BCUT2D eigenvalue weighted by Gasteiger charge is 2.21. The SMILES string of the molecule is CCOc1cccc(N)c1-c1nnnn1C(C)C(C)C. The van der Waals surface area contributed by atoms with E-state index in [1.807, 2.05) is 25.1 Å². The van der Waals surface area contributed by atoms with Crippen molar-refractivity contribution in [1.29, 1.82) is 0 Å². The van der Waals surface area contributed by atoms with Gasteiger partial charge in [0.1, 0.15) is 5.75 Å². The number of hydrogen-bond acceptors (Lipinski definition) is 5. The van der Waals surface area contributed by atoms with E-state index in [1.54, 1.807) is 4.68 Å². The van der Waals surface area contributed by atoms with E-state index in [0.717, 1.165) is 5.56 Å². The normalized spacial score (nSPS) is 12.7. The van der Waals surface area contributed by atoms with E-state index in [-0.39, 0.29) is 6.04 Å². The summed E-state index contributed by atoms with van der Waals surface area (Å²) < 4.78 is 7.45. The van der Waals surface area contributed by atoms with Crippen molar-refractivity contribution in [3.05, 3.63) is 18.2 Å². The van der Waals surface area contributed by atoms with E-state index in [9.17, 15) is 0 Å². The fourth-order valence-electron chi connectivity index (χ4n) is 1.98. The summed E-state index contributed by atoms with van der Waals surface area (Å²) in [7, 11) is 0. The highest BCUT2D eigenvalue weighted by atomic mass is 16.5. The molecule has 0 aliphatic heterocycles. The highest BCUT2D eigenvalue weighted by Crippen LogP contribution is 2.35. The number of nitrogen functional groups attached to an aromatic ring is 1. The van der Waals surface area contributed by atoms with Gasteiger partial charge in [-0.15, -0.1) is 5.10 Å². The number of nitrogens with zero attached hydrogens (tertiary/aromatic N) is 4. The van der Waals surface area contributed by atoms with Gasteiger partial charge in [0, 0.05) is 5.69 Å². The van der Waals surface area contributed by atoms with Crippen LogP contribution in [0, 0.1) is 5.92 Å². The average Bonchev–Trinajstić information content (AvgIpc) is 2.87. The number of benzene rings is 1. The molecule has 2 N–H and O–H groups in total. The Morgan fingerprint density at radius 1 is 1.30 bits per heavy atom. The number of rotatable bonds is 5. The Labute approximate surface area is 118 Å². The van der Waals surface area contributed by atoms with E-state index < -0.39 is 0 Å². The Bertz CT molecular complexity index is 579. The predicted octanol–water partition coefficient (Wildman–Crippen LogP) is 2.54. The van der Waals surface area contributed by atoms with E-state index in [2.05, 4.69) is 36.3 Å². The molecule has 0 bridgehead atoms.